The van der Waals surface area contributed by atoms with E-state index in [2.05, 4.69) is 4.72 Å². The van der Waals surface area contributed by atoms with Crippen LogP contribution in [0.5, 0.6) is 0 Å². The average Bonchev–Trinajstić information content (AvgIpc) is 2.58. The fraction of sp³-hybridized carbons (Fsp3) is 0.333. The molecule has 1 atom stereocenters. The van der Waals surface area contributed by atoms with Gasteiger partial charge in [-0.2, -0.15) is 26.3 Å². The minimum atomic E-state index is -4.96. The van der Waals surface area contributed by atoms with Gasteiger partial charge in [0.2, 0.25) is 10.0 Å². The minimum Gasteiger partial charge on any atom is -0.211 e. The van der Waals surface area contributed by atoms with Gasteiger partial charge in [-0.15, -0.1) is 0 Å². The summed E-state index contributed by atoms with van der Waals surface area (Å²) in [5.74, 6) is -0.927. The summed E-state index contributed by atoms with van der Waals surface area (Å²) in [6.07, 6.45) is -9.92. The lowest BCUT2D eigenvalue weighted by Crippen LogP contribution is -2.28. The molecular formula is C18H17F6NO2S. The average molecular weight is 425 g/mol. The second-order valence-electron chi connectivity index (χ2n) is 6.41. The molecule has 154 valence electrons. The number of rotatable bonds is 5. The molecule has 0 fully saturated rings. The quantitative estimate of drug-likeness (QED) is 0.677. The molecule has 0 saturated carbocycles. The Morgan fingerprint density at radius 3 is 1.79 bits per heavy atom. The maximum absolute atomic E-state index is 12.9. The second kappa shape index (κ2) is 7.75. The lowest BCUT2D eigenvalue weighted by Gasteiger charge is -2.18. The highest BCUT2D eigenvalue weighted by Crippen LogP contribution is 2.37. The molecular weight excluding hydrogens is 408 g/mol. The largest absolute Gasteiger partial charge is 0.416 e. The Morgan fingerprint density at radius 1 is 0.893 bits per heavy atom. The van der Waals surface area contributed by atoms with E-state index in [0.29, 0.717) is 12.1 Å². The van der Waals surface area contributed by atoms with E-state index in [1.165, 1.54) is 19.1 Å². The molecule has 0 spiro atoms. The first kappa shape index (κ1) is 22.2. The number of hydrogen-bond acceptors (Lipinski definition) is 2. The number of halogens is 6. The Bertz CT molecular complexity index is 902. The second-order valence-corrected chi connectivity index (χ2v) is 8.17. The topological polar surface area (TPSA) is 46.2 Å². The highest BCUT2D eigenvalue weighted by Gasteiger charge is 2.37. The Morgan fingerprint density at radius 2 is 1.36 bits per heavy atom. The van der Waals surface area contributed by atoms with E-state index in [1.54, 1.807) is 19.1 Å². The lowest BCUT2D eigenvalue weighted by molar-refractivity contribution is -0.143. The van der Waals surface area contributed by atoms with Crippen LogP contribution >= 0.6 is 0 Å². The van der Waals surface area contributed by atoms with Gasteiger partial charge in [-0.25, -0.2) is 13.1 Å². The van der Waals surface area contributed by atoms with Crippen LogP contribution < -0.4 is 4.72 Å². The van der Waals surface area contributed by atoms with E-state index in [9.17, 15) is 34.8 Å². The van der Waals surface area contributed by atoms with Gasteiger partial charge < -0.3 is 0 Å². The maximum Gasteiger partial charge on any atom is 0.416 e. The Kier molecular flexibility index (Phi) is 6.15. The fourth-order valence-corrected chi connectivity index (χ4v) is 3.55. The summed E-state index contributed by atoms with van der Waals surface area (Å²) in [7, 11) is -3.95. The molecule has 28 heavy (non-hydrogen) atoms. The van der Waals surface area contributed by atoms with E-state index in [4.69, 9.17) is 0 Å². The van der Waals surface area contributed by atoms with Gasteiger partial charge in [-0.05, 0) is 48.7 Å². The van der Waals surface area contributed by atoms with Gasteiger partial charge in [0.05, 0.1) is 16.0 Å². The van der Waals surface area contributed by atoms with Gasteiger partial charge in [0, 0.05) is 6.54 Å². The highest BCUT2D eigenvalue weighted by molar-refractivity contribution is 7.89. The summed E-state index contributed by atoms with van der Waals surface area (Å²) in [6, 6.07) is 7.08. The molecule has 2 aromatic rings. The zero-order chi connectivity index (χ0) is 21.3. The number of benzene rings is 2. The third-order valence-corrected chi connectivity index (χ3v) is 5.53. The summed E-state index contributed by atoms with van der Waals surface area (Å²) >= 11 is 0. The van der Waals surface area contributed by atoms with E-state index in [1.807, 2.05) is 0 Å². The predicted molar refractivity (Wildman–Crippen MR) is 91.2 cm³/mol. The van der Waals surface area contributed by atoms with E-state index in [-0.39, 0.29) is 23.1 Å². The van der Waals surface area contributed by atoms with Crippen LogP contribution in [0.1, 0.15) is 35.1 Å². The molecule has 2 aromatic carbocycles. The van der Waals surface area contributed by atoms with Crippen LogP contribution in [-0.2, 0) is 22.4 Å². The maximum atomic E-state index is 12.9. The van der Waals surface area contributed by atoms with Crippen molar-refractivity contribution in [1.82, 2.24) is 4.72 Å². The van der Waals surface area contributed by atoms with Gasteiger partial charge in [-0.1, -0.05) is 24.6 Å². The number of hydrogen-bond donors (Lipinski definition) is 1. The smallest absolute Gasteiger partial charge is 0.211 e. The molecule has 0 aliphatic rings. The molecule has 0 radical (unpaired) electrons. The van der Waals surface area contributed by atoms with E-state index < -0.39 is 39.4 Å². The summed E-state index contributed by atoms with van der Waals surface area (Å²) in [5.41, 5.74) is -2.32. The van der Waals surface area contributed by atoms with Gasteiger partial charge in [0.1, 0.15) is 0 Å². The third kappa shape index (κ3) is 5.48. The zero-order valence-electron chi connectivity index (χ0n) is 14.8. The normalized spacial score (nSPS) is 14.1. The van der Waals surface area contributed by atoms with Crippen molar-refractivity contribution in [3.63, 3.8) is 0 Å². The van der Waals surface area contributed by atoms with Crippen molar-refractivity contribution in [2.24, 2.45) is 0 Å². The number of aryl methyl sites for hydroxylation is 1. The first-order chi connectivity index (χ1) is 12.7. The highest BCUT2D eigenvalue weighted by atomic mass is 32.2. The van der Waals surface area contributed by atoms with Crippen molar-refractivity contribution in [2.75, 3.05) is 6.54 Å². The fourth-order valence-electron chi connectivity index (χ4n) is 2.42. The molecule has 0 bridgehead atoms. The zero-order valence-corrected chi connectivity index (χ0v) is 15.6. The van der Waals surface area contributed by atoms with Gasteiger partial charge in [0.15, 0.2) is 0 Å². The Balaban J connectivity index is 2.28. The molecule has 2 rings (SSSR count). The standard InChI is InChI=1S/C18H17F6NO2S/c1-11-3-5-16(6-4-11)28(26,27)25-10-12(2)13-7-14(17(19,20)21)9-15(8-13)18(22,23)24/h3-9,12,25H,10H2,1-2H3/t12-/m0/s1. The molecule has 0 heterocycles. The van der Waals surface area contributed by atoms with Crippen molar-refractivity contribution >= 4 is 10.0 Å². The van der Waals surface area contributed by atoms with Crippen LogP contribution in [0.4, 0.5) is 26.3 Å². The van der Waals surface area contributed by atoms with Crippen LogP contribution in [0.15, 0.2) is 47.4 Å². The first-order valence-electron chi connectivity index (χ1n) is 8.06. The van der Waals surface area contributed by atoms with Crippen LogP contribution in [0.25, 0.3) is 0 Å². The molecule has 3 nitrogen and oxygen atoms in total. The lowest BCUT2D eigenvalue weighted by atomic mass is 9.96. The van der Waals surface area contributed by atoms with Crippen molar-refractivity contribution in [1.29, 1.82) is 0 Å². The molecule has 0 aromatic heterocycles. The van der Waals surface area contributed by atoms with Crippen LogP contribution in [-0.4, -0.2) is 15.0 Å². The summed E-state index contributed by atoms with van der Waals surface area (Å²) in [6.45, 7) is 2.74. The molecule has 0 amide bonds. The van der Waals surface area contributed by atoms with Crippen LogP contribution in [0, 0.1) is 6.92 Å². The number of nitrogens with one attached hydrogen (secondary N) is 1. The first-order valence-corrected chi connectivity index (χ1v) is 9.54. The van der Waals surface area contributed by atoms with E-state index in [0.717, 1.165) is 5.56 Å². The number of sulfonamides is 1. The van der Waals surface area contributed by atoms with Crippen LogP contribution in [0.2, 0.25) is 0 Å². The van der Waals surface area contributed by atoms with Crippen molar-refractivity contribution in [3.8, 4) is 0 Å². The van der Waals surface area contributed by atoms with Crippen molar-refractivity contribution in [2.45, 2.75) is 37.0 Å². The third-order valence-electron chi connectivity index (χ3n) is 4.09. The Labute approximate surface area is 158 Å². The molecule has 0 aliphatic heterocycles. The van der Waals surface area contributed by atoms with Crippen molar-refractivity contribution < 1.29 is 34.8 Å². The summed E-state index contributed by atoms with van der Waals surface area (Å²) < 4.78 is 104. The predicted octanol–water partition coefficient (Wildman–Crippen LogP) is 5.11. The molecule has 1 N–H and O–H groups in total. The van der Waals surface area contributed by atoms with Gasteiger partial charge >= 0.3 is 12.4 Å². The van der Waals surface area contributed by atoms with Crippen molar-refractivity contribution in [3.05, 3.63) is 64.7 Å². The van der Waals surface area contributed by atoms with Gasteiger partial charge in [-0.3, -0.25) is 0 Å². The monoisotopic (exact) mass is 425 g/mol. The molecule has 10 heteroatoms. The number of alkyl halides is 6. The summed E-state index contributed by atoms with van der Waals surface area (Å²) in [5, 5.41) is 0. The van der Waals surface area contributed by atoms with Crippen LogP contribution in [0.3, 0.4) is 0 Å². The molecule has 0 aliphatic carbocycles. The molecule has 0 unspecified atom stereocenters. The summed E-state index contributed by atoms with van der Waals surface area (Å²) in [4.78, 5) is -0.0506. The minimum absolute atomic E-state index is 0.0344. The Hall–Kier alpha value is -2.07. The van der Waals surface area contributed by atoms with Gasteiger partial charge in [0.25, 0.3) is 0 Å². The molecule has 0 saturated heterocycles. The SMILES string of the molecule is Cc1ccc(S(=O)(=O)NC[C@H](C)c2cc(C(F)(F)F)cc(C(F)(F)F)c2)cc1. The van der Waals surface area contributed by atoms with E-state index >= 15 is 0 Å².